The van der Waals surface area contributed by atoms with Gasteiger partial charge in [-0.15, -0.1) is 5.10 Å². The Morgan fingerprint density at radius 1 is 1.00 bits per heavy atom. The summed E-state index contributed by atoms with van der Waals surface area (Å²) in [5.41, 5.74) is 1.69. The minimum atomic E-state index is -3.47. The largest absolute Gasteiger partial charge is 0.495 e. The number of rotatable bonds is 10. The first-order valence-corrected chi connectivity index (χ1v) is 14.7. The highest BCUT2D eigenvalue weighted by Crippen LogP contribution is 2.45. The zero-order valence-electron chi connectivity index (χ0n) is 20.1. The zero-order chi connectivity index (χ0) is 24.9. The van der Waals surface area contributed by atoms with E-state index in [-0.39, 0.29) is 4.90 Å². The standard InChI is InChI=1S/C24H31N4O4PS/c1-6-33(29,7-2)19-12-13-20(22(15-19)32-5)27-24-14-18(16-25-28-24)26-21-10-8-9-11-23(21)34(30,31)17(3)4/h8-17H,6-7H2,1-5H3,(H2,26,27,28). The van der Waals surface area contributed by atoms with Gasteiger partial charge in [0.2, 0.25) is 0 Å². The number of nitrogens with one attached hydrogen (secondary N) is 2. The van der Waals surface area contributed by atoms with Crippen molar-refractivity contribution in [1.82, 2.24) is 10.2 Å². The molecule has 0 aliphatic rings. The number of hydrogen-bond donors (Lipinski definition) is 2. The van der Waals surface area contributed by atoms with Crippen molar-refractivity contribution in [2.24, 2.45) is 0 Å². The molecule has 8 nitrogen and oxygen atoms in total. The van der Waals surface area contributed by atoms with Crippen LogP contribution in [0.25, 0.3) is 0 Å². The third-order valence-corrected chi connectivity index (χ3v) is 11.2. The summed E-state index contributed by atoms with van der Waals surface area (Å²) in [7, 11) is -4.35. The molecule has 10 heteroatoms. The fourth-order valence-corrected chi connectivity index (χ4v) is 6.56. The Bertz CT molecular complexity index is 1300. The van der Waals surface area contributed by atoms with Gasteiger partial charge in [0.1, 0.15) is 12.9 Å². The Hall–Kier alpha value is -2.90. The quantitative estimate of drug-likeness (QED) is 0.365. The molecule has 3 rings (SSSR count). The minimum absolute atomic E-state index is 0.227. The number of sulfone groups is 1. The molecule has 0 atom stereocenters. The van der Waals surface area contributed by atoms with Gasteiger partial charge in [0.25, 0.3) is 0 Å². The molecular weight excluding hydrogens is 471 g/mol. The van der Waals surface area contributed by atoms with Gasteiger partial charge >= 0.3 is 0 Å². The molecule has 0 amide bonds. The number of ether oxygens (including phenoxy) is 1. The van der Waals surface area contributed by atoms with E-state index in [1.54, 1.807) is 57.4 Å². The molecule has 34 heavy (non-hydrogen) atoms. The van der Waals surface area contributed by atoms with E-state index in [4.69, 9.17) is 4.74 Å². The van der Waals surface area contributed by atoms with Crippen molar-refractivity contribution in [3.8, 4) is 5.75 Å². The molecule has 0 bridgehead atoms. The van der Waals surface area contributed by atoms with Gasteiger partial charge in [0.05, 0.1) is 40.5 Å². The summed E-state index contributed by atoms with van der Waals surface area (Å²) >= 11 is 0. The first kappa shape index (κ1) is 25.7. The smallest absolute Gasteiger partial charge is 0.182 e. The topological polar surface area (TPSA) is 110 Å². The van der Waals surface area contributed by atoms with Crippen molar-refractivity contribution < 1.29 is 17.7 Å². The molecule has 1 heterocycles. The zero-order valence-corrected chi connectivity index (χ0v) is 21.8. The van der Waals surface area contributed by atoms with Crippen LogP contribution >= 0.6 is 7.14 Å². The summed E-state index contributed by atoms with van der Waals surface area (Å²) in [4.78, 5) is 0.227. The van der Waals surface area contributed by atoms with Crippen LogP contribution in [0.2, 0.25) is 0 Å². The molecule has 0 fully saturated rings. The molecule has 3 aromatic rings. The molecule has 0 saturated carbocycles. The molecule has 1 aromatic heterocycles. The molecular formula is C24H31N4O4PS. The van der Waals surface area contributed by atoms with Crippen molar-refractivity contribution in [3.05, 3.63) is 54.7 Å². The van der Waals surface area contributed by atoms with Crippen LogP contribution in [-0.4, -0.2) is 43.3 Å². The number of methoxy groups -OCH3 is 1. The third-order valence-electron chi connectivity index (χ3n) is 5.69. The second kappa shape index (κ2) is 10.6. The average Bonchev–Trinajstić information content (AvgIpc) is 2.84. The summed E-state index contributed by atoms with van der Waals surface area (Å²) in [6.45, 7) is 7.17. The van der Waals surface area contributed by atoms with Gasteiger partial charge in [0, 0.05) is 23.7 Å². The first-order valence-electron chi connectivity index (χ1n) is 11.1. The van der Waals surface area contributed by atoms with Crippen molar-refractivity contribution in [1.29, 1.82) is 0 Å². The number of anilines is 4. The fraction of sp³-hybridized carbons (Fsp3) is 0.333. The summed E-state index contributed by atoms with van der Waals surface area (Å²) in [6, 6.07) is 14.0. The molecule has 2 N–H and O–H groups in total. The van der Waals surface area contributed by atoms with E-state index in [1.165, 1.54) is 6.20 Å². The second-order valence-electron chi connectivity index (χ2n) is 8.08. The van der Waals surface area contributed by atoms with Gasteiger partial charge in [0.15, 0.2) is 15.7 Å². The number of hydrogen-bond acceptors (Lipinski definition) is 8. The van der Waals surface area contributed by atoms with Crippen LogP contribution in [0.4, 0.5) is 22.9 Å². The van der Waals surface area contributed by atoms with E-state index < -0.39 is 22.2 Å². The summed E-state index contributed by atoms with van der Waals surface area (Å²) in [6.07, 6.45) is 2.70. The van der Waals surface area contributed by atoms with E-state index in [0.717, 1.165) is 5.30 Å². The molecule has 0 unspecified atom stereocenters. The molecule has 0 aliphatic carbocycles. The molecule has 182 valence electrons. The first-order chi connectivity index (χ1) is 16.1. The van der Waals surface area contributed by atoms with Crippen LogP contribution in [0.3, 0.4) is 0 Å². The lowest BCUT2D eigenvalue weighted by atomic mass is 10.3. The predicted molar refractivity (Wildman–Crippen MR) is 139 cm³/mol. The van der Waals surface area contributed by atoms with Gasteiger partial charge in [-0.25, -0.2) is 8.42 Å². The third kappa shape index (κ3) is 5.42. The van der Waals surface area contributed by atoms with E-state index in [2.05, 4.69) is 20.8 Å². The van der Waals surface area contributed by atoms with E-state index in [0.29, 0.717) is 41.0 Å². The van der Waals surface area contributed by atoms with Crippen LogP contribution in [0, 0.1) is 0 Å². The Balaban J connectivity index is 1.89. The monoisotopic (exact) mass is 502 g/mol. The number of para-hydroxylation sites is 1. The highest BCUT2D eigenvalue weighted by atomic mass is 32.2. The predicted octanol–water partition coefficient (Wildman–Crippen LogP) is 5.18. The number of aromatic nitrogens is 2. The second-order valence-corrected chi connectivity index (χ2v) is 14.1. The number of nitrogens with zero attached hydrogens (tertiary/aromatic N) is 2. The van der Waals surface area contributed by atoms with Gasteiger partial charge in [-0.05, 0) is 44.2 Å². The molecule has 0 spiro atoms. The lowest BCUT2D eigenvalue weighted by Crippen LogP contribution is -2.15. The van der Waals surface area contributed by atoms with Gasteiger partial charge < -0.3 is 19.9 Å². The average molecular weight is 503 g/mol. The Kier molecular flexibility index (Phi) is 8.00. The van der Waals surface area contributed by atoms with Crippen LogP contribution in [0.1, 0.15) is 27.7 Å². The SMILES string of the molecule is CCP(=O)(CC)c1ccc(Nc2cc(Nc3ccccc3S(=O)(=O)C(C)C)cnn2)c(OC)c1. The van der Waals surface area contributed by atoms with E-state index in [9.17, 15) is 13.0 Å². The van der Waals surface area contributed by atoms with Crippen molar-refractivity contribution in [3.63, 3.8) is 0 Å². The van der Waals surface area contributed by atoms with Crippen molar-refractivity contribution in [2.45, 2.75) is 37.8 Å². The van der Waals surface area contributed by atoms with Crippen LogP contribution in [0.5, 0.6) is 5.75 Å². The Morgan fingerprint density at radius 2 is 1.71 bits per heavy atom. The van der Waals surface area contributed by atoms with Crippen molar-refractivity contribution >= 4 is 45.2 Å². The van der Waals surface area contributed by atoms with Gasteiger partial charge in [-0.1, -0.05) is 26.0 Å². The van der Waals surface area contributed by atoms with Crippen LogP contribution in [0.15, 0.2) is 59.6 Å². The number of benzene rings is 2. The highest BCUT2D eigenvalue weighted by Gasteiger charge is 2.23. The summed E-state index contributed by atoms with van der Waals surface area (Å²) in [5.74, 6) is 0.988. The van der Waals surface area contributed by atoms with E-state index in [1.807, 2.05) is 26.0 Å². The maximum absolute atomic E-state index is 13.1. The molecule has 2 aromatic carbocycles. The highest BCUT2D eigenvalue weighted by molar-refractivity contribution is 7.92. The van der Waals surface area contributed by atoms with Gasteiger partial charge in [-0.3, -0.25) is 0 Å². The van der Waals surface area contributed by atoms with E-state index >= 15 is 0 Å². The fourth-order valence-electron chi connectivity index (χ4n) is 3.49. The maximum Gasteiger partial charge on any atom is 0.182 e. The normalized spacial score (nSPS) is 11.9. The van der Waals surface area contributed by atoms with Gasteiger partial charge in [-0.2, -0.15) is 5.10 Å². The maximum atomic E-state index is 13.1. The Morgan fingerprint density at radius 3 is 2.35 bits per heavy atom. The van der Waals surface area contributed by atoms with Crippen LogP contribution < -0.4 is 20.7 Å². The van der Waals surface area contributed by atoms with Crippen molar-refractivity contribution in [2.75, 3.05) is 30.1 Å². The summed E-state index contributed by atoms with van der Waals surface area (Å²) in [5, 5.41) is 14.7. The molecule has 0 radical (unpaired) electrons. The minimum Gasteiger partial charge on any atom is -0.495 e. The molecule has 0 saturated heterocycles. The van der Waals surface area contributed by atoms with Crippen LogP contribution in [-0.2, 0) is 14.4 Å². The molecule has 0 aliphatic heterocycles. The lowest BCUT2D eigenvalue weighted by Gasteiger charge is -2.18. The Labute approximate surface area is 201 Å². The lowest BCUT2D eigenvalue weighted by molar-refractivity contribution is 0.417. The summed E-state index contributed by atoms with van der Waals surface area (Å²) < 4.78 is 44.1.